The monoisotopic (exact) mass is 287 g/mol. The number of methoxy groups -OCH3 is 1. The van der Waals surface area contributed by atoms with Crippen molar-refractivity contribution in [3.8, 4) is 11.5 Å². The quantitative estimate of drug-likeness (QED) is 0.685. The van der Waals surface area contributed by atoms with Gasteiger partial charge in [-0.05, 0) is 37.4 Å². The minimum absolute atomic E-state index is 0.123. The summed E-state index contributed by atoms with van der Waals surface area (Å²) in [6.07, 6.45) is 6.28. The van der Waals surface area contributed by atoms with Gasteiger partial charge in [-0.1, -0.05) is 18.2 Å². The summed E-state index contributed by atoms with van der Waals surface area (Å²) >= 11 is 0. The number of fused-ring (bicyclic) bond motifs is 1. The number of nitrogens with one attached hydrogen (secondary N) is 1. The topological polar surface area (TPSA) is 61.7 Å². The molecule has 4 rings (SSSR count). The Bertz CT molecular complexity index is 612. The molecule has 0 spiro atoms. The van der Waals surface area contributed by atoms with Crippen LogP contribution >= 0.6 is 0 Å². The van der Waals surface area contributed by atoms with Crippen molar-refractivity contribution in [1.82, 2.24) is 5.32 Å². The van der Waals surface area contributed by atoms with Gasteiger partial charge in [-0.25, -0.2) is 0 Å². The summed E-state index contributed by atoms with van der Waals surface area (Å²) in [6.45, 7) is 0.944. The van der Waals surface area contributed by atoms with E-state index in [1.807, 2.05) is 12.1 Å². The van der Waals surface area contributed by atoms with Crippen LogP contribution in [0.15, 0.2) is 24.3 Å². The molecule has 3 N–H and O–H groups in total. The maximum absolute atomic E-state index is 10.2. The molecular formula is C17H21NO3. The third kappa shape index (κ3) is 1.69. The van der Waals surface area contributed by atoms with Gasteiger partial charge in [-0.15, -0.1) is 0 Å². The number of hydrogen-bond donors (Lipinski definition) is 3. The molecule has 3 aliphatic rings. The van der Waals surface area contributed by atoms with Crippen molar-refractivity contribution in [3.63, 3.8) is 0 Å². The fourth-order valence-corrected chi connectivity index (χ4v) is 4.77. The van der Waals surface area contributed by atoms with Gasteiger partial charge in [0.05, 0.1) is 13.2 Å². The molecule has 2 bridgehead atoms. The molecule has 1 unspecified atom stereocenters. The van der Waals surface area contributed by atoms with Gasteiger partial charge in [0.15, 0.2) is 11.5 Å². The lowest BCUT2D eigenvalue weighted by Gasteiger charge is -2.54. The van der Waals surface area contributed by atoms with Crippen molar-refractivity contribution in [3.05, 3.63) is 35.4 Å². The standard InChI is InChI=1S/C17H21NO3/c1-21-16-14(20)5-2-10-8-13-12-4-3-11(19)9-17(12,15(10)16)6-7-18-13/h2-5,11-13,18-20H,6-9H2,1H3/t11?,12-,13+,17-/m0/s1. The van der Waals surface area contributed by atoms with Gasteiger partial charge in [-0.3, -0.25) is 0 Å². The zero-order chi connectivity index (χ0) is 14.6. The molecule has 112 valence electrons. The predicted octanol–water partition coefficient (Wildman–Crippen LogP) is 1.49. The summed E-state index contributed by atoms with van der Waals surface area (Å²) in [7, 11) is 1.61. The Morgan fingerprint density at radius 2 is 2.19 bits per heavy atom. The maximum atomic E-state index is 10.2. The number of piperidine rings is 1. The van der Waals surface area contributed by atoms with Crippen molar-refractivity contribution in [2.75, 3.05) is 13.7 Å². The third-order valence-electron chi connectivity index (χ3n) is 5.53. The fourth-order valence-electron chi connectivity index (χ4n) is 4.77. The second-order valence-corrected chi connectivity index (χ2v) is 6.51. The second kappa shape index (κ2) is 4.49. The molecule has 0 aromatic heterocycles. The molecule has 0 radical (unpaired) electrons. The Morgan fingerprint density at radius 1 is 1.33 bits per heavy atom. The Labute approximate surface area is 124 Å². The molecule has 21 heavy (non-hydrogen) atoms. The van der Waals surface area contributed by atoms with Crippen molar-refractivity contribution < 1.29 is 14.9 Å². The number of ether oxygens (including phenoxy) is 1. The highest BCUT2D eigenvalue weighted by molar-refractivity contribution is 5.57. The van der Waals surface area contributed by atoms with Crippen LogP contribution in [0.4, 0.5) is 0 Å². The largest absolute Gasteiger partial charge is 0.504 e. The molecule has 1 fully saturated rings. The summed E-state index contributed by atoms with van der Waals surface area (Å²) in [5.41, 5.74) is 2.23. The van der Waals surface area contributed by atoms with Gasteiger partial charge in [0.2, 0.25) is 0 Å². The Balaban J connectivity index is 1.99. The maximum Gasteiger partial charge on any atom is 0.164 e. The highest BCUT2D eigenvalue weighted by Gasteiger charge is 2.53. The van der Waals surface area contributed by atoms with Crippen LogP contribution in [0.25, 0.3) is 0 Å². The van der Waals surface area contributed by atoms with Gasteiger partial charge in [-0.2, -0.15) is 0 Å². The van der Waals surface area contributed by atoms with E-state index in [1.165, 1.54) is 5.56 Å². The third-order valence-corrected chi connectivity index (χ3v) is 5.53. The first-order valence-corrected chi connectivity index (χ1v) is 7.65. The first kappa shape index (κ1) is 13.2. The van der Waals surface area contributed by atoms with Gasteiger partial charge < -0.3 is 20.3 Å². The number of hydrogen-bond acceptors (Lipinski definition) is 4. The van der Waals surface area contributed by atoms with Crippen LogP contribution in [0, 0.1) is 5.92 Å². The molecule has 0 amide bonds. The number of benzene rings is 1. The smallest absolute Gasteiger partial charge is 0.164 e. The number of rotatable bonds is 1. The van der Waals surface area contributed by atoms with Crippen LogP contribution in [0.2, 0.25) is 0 Å². The predicted molar refractivity (Wildman–Crippen MR) is 79.7 cm³/mol. The zero-order valence-corrected chi connectivity index (χ0v) is 12.2. The van der Waals surface area contributed by atoms with E-state index in [0.717, 1.165) is 24.9 Å². The van der Waals surface area contributed by atoms with E-state index in [4.69, 9.17) is 4.74 Å². The van der Waals surface area contributed by atoms with E-state index in [2.05, 4.69) is 11.4 Å². The lowest BCUT2D eigenvalue weighted by atomic mass is 9.54. The molecule has 1 aromatic carbocycles. The Hall–Kier alpha value is -1.52. The first-order chi connectivity index (χ1) is 10.2. The van der Waals surface area contributed by atoms with Gasteiger partial charge in [0.1, 0.15) is 0 Å². The first-order valence-electron chi connectivity index (χ1n) is 7.65. The minimum Gasteiger partial charge on any atom is -0.504 e. The number of phenols is 1. The average molecular weight is 287 g/mol. The molecule has 4 heteroatoms. The van der Waals surface area contributed by atoms with Crippen LogP contribution in [-0.4, -0.2) is 36.0 Å². The molecule has 1 aromatic rings. The summed E-state index contributed by atoms with van der Waals surface area (Å²) in [5.74, 6) is 1.16. The van der Waals surface area contributed by atoms with Crippen molar-refractivity contribution in [2.45, 2.75) is 36.8 Å². The van der Waals surface area contributed by atoms with E-state index in [9.17, 15) is 10.2 Å². The molecule has 1 heterocycles. The fraction of sp³-hybridized carbons (Fsp3) is 0.529. The zero-order valence-electron chi connectivity index (χ0n) is 12.2. The highest BCUT2D eigenvalue weighted by atomic mass is 16.5. The summed E-state index contributed by atoms with van der Waals surface area (Å²) in [5, 5.41) is 24.0. The van der Waals surface area contributed by atoms with Gasteiger partial charge >= 0.3 is 0 Å². The van der Waals surface area contributed by atoms with Crippen LogP contribution in [0.5, 0.6) is 11.5 Å². The number of aliphatic hydroxyl groups is 1. The lowest BCUT2D eigenvalue weighted by Crippen LogP contribution is -2.59. The van der Waals surface area contributed by atoms with Crippen molar-refractivity contribution in [2.24, 2.45) is 5.92 Å². The summed E-state index contributed by atoms with van der Waals surface area (Å²) in [4.78, 5) is 0. The number of aliphatic hydroxyl groups excluding tert-OH is 1. The van der Waals surface area contributed by atoms with Crippen molar-refractivity contribution in [1.29, 1.82) is 0 Å². The van der Waals surface area contributed by atoms with E-state index in [0.29, 0.717) is 24.1 Å². The molecular weight excluding hydrogens is 266 g/mol. The second-order valence-electron chi connectivity index (χ2n) is 6.51. The van der Waals surface area contributed by atoms with E-state index in [1.54, 1.807) is 13.2 Å². The Kier molecular flexibility index (Phi) is 2.81. The lowest BCUT2D eigenvalue weighted by molar-refractivity contribution is 0.0802. The number of aromatic hydroxyl groups is 1. The van der Waals surface area contributed by atoms with Crippen LogP contribution < -0.4 is 10.1 Å². The average Bonchev–Trinajstić information content (AvgIpc) is 2.47. The minimum atomic E-state index is -0.419. The Morgan fingerprint density at radius 3 is 3.00 bits per heavy atom. The summed E-state index contributed by atoms with van der Waals surface area (Å²) < 4.78 is 5.54. The van der Waals surface area contributed by atoms with Gasteiger partial charge in [0, 0.05) is 22.9 Å². The van der Waals surface area contributed by atoms with Crippen LogP contribution in [-0.2, 0) is 11.8 Å². The molecule has 1 aliphatic heterocycles. The molecule has 4 atom stereocenters. The van der Waals surface area contributed by atoms with Crippen LogP contribution in [0.3, 0.4) is 0 Å². The normalized spacial score (nSPS) is 36.8. The SMILES string of the molecule is COc1c(O)ccc2c1[C@]13CCN[C@H](C2)[C@@H]1C=CC(O)C3. The molecule has 4 nitrogen and oxygen atoms in total. The van der Waals surface area contributed by atoms with E-state index in [-0.39, 0.29) is 11.2 Å². The van der Waals surface area contributed by atoms with Gasteiger partial charge in [0.25, 0.3) is 0 Å². The van der Waals surface area contributed by atoms with Crippen LogP contribution in [0.1, 0.15) is 24.0 Å². The highest BCUT2D eigenvalue weighted by Crippen LogP contribution is 2.56. The summed E-state index contributed by atoms with van der Waals surface area (Å²) in [6, 6.07) is 4.14. The van der Waals surface area contributed by atoms with E-state index < -0.39 is 6.10 Å². The molecule has 1 saturated heterocycles. The van der Waals surface area contributed by atoms with E-state index >= 15 is 0 Å². The molecule has 0 saturated carbocycles. The van der Waals surface area contributed by atoms with Crippen molar-refractivity contribution >= 4 is 0 Å². The number of phenolic OH excluding ortho intramolecular Hbond substituents is 1. The molecule has 2 aliphatic carbocycles.